The molecule has 3 aromatic rings. The van der Waals surface area contributed by atoms with E-state index in [4.69, 9.17) is 0 Å². The number of nitrogens with one attached hydrogen (secondary N) is 1. The van der Waals surface area contributed by atoms with Crippen LogP contribution in [-0.2, 0) is 5.75 Å². The molecule has 1 aromatic carbocycles. The number of amides is 1. The molecule has 0 bridgehead atoms. The Bertz CT molecular complexity index is 887. The van der Waals surface area contributed by atoms with Crippen molar-refractivity contribution in [3.05, 3.63) is 83.6 Å². The molecule has 0 aliphatic carbocycles. The van der Waals surface area contributed by atoms with Gasteiger partial charge >= 0.3 is 0 Å². The number of hydrogen-bond donors (Lipinski definition) is 1. The summed E-state index contributed by atoms with van der Waals surface area (Å²) in [5, 5.41) is 3.44. The summed E-state index contributed by atoms with van der Waals surface area (Å²) in [6.45, 7) is 1.66. The molecule has 2 aromatic heterocycles. The highest BCUT2D eigenvalue weighted by Gasteiger charge is 2.13. The second-order valence-corrected chi connectivity index (χ2v) is 6.38. The first-order valence-electron chi connectivity index (χ1n) is 7.68. The zero-order valence-corrected chi connectivity index (χ0v) is 14.4. The van der Waals surface area contributed by atoms with Crippen LogP contribution in [-0.4, -0.2) is 15.9 Å². The molecule has 3 rings (SSSR count). The van der Waals surface area contributed by atoms with Crippen molar-refractivity contribution in [3.8, 4) is 0 Å². The fourth-order valence-electron chi connectivity index (χ4n) is 2.23. The quantitative estimate of drug-likeness (QED) is 0.688. The van der Waals surface area contributed by atoms with Crippen LogP contribution in [0.1, 0.15) is 21.5 Å². The van der Waals surface area contributed by atoms with Gasteiger partial charge in [-0.2, -0.15) is 0 Å². The van der Waals surface area contributed by atoms with E-state index in [0.29, 0.717) is 27.6 Å². The summed E-state index contributed by atoms with van der Waals surface area (Å²) in [6.07, 6.45) is 5.13. The van der Waals surface area contributed by atoms with Gasteiger partial charge in [0, 0.05) is 30.0 Å². The Morgan fingerprint density at radius 1 is 1.16 bits per heavy atom. The van der Waals surface area contributed by atoms with Gasteiger partial charge in [0.25, 0.3) is 5.91 Å². The molecular weight excluding hydrogens is 337 g/mol. The number of rotatable bonds is 5. The molecule has 0 aliphatic rings. The Morgan fingerprint density at radius 2 is 1.96 bits per heavy atom. The number of carbonyl (C=O) groups excluding carboxylic acids is 1. The molecule has 1 amide bonds. The van der Waals surface area contributed by atoms with E-state index in [2.05, 4.69) is 15.3 Å². The molecule has 0 radical (unpaired) electrons. The molecule has 1 N–H and O–H groups in total. The van der Waals surface area contributed by atoms with Gasteiger partial charge < -0.3 is 5.32 Å². The second kappa shape index (κ2) is 7.90. The average Bonchev–Trinajstić information content (AvgIpc) is 2.64. The molecule has 126 valence electrons. The van der Waals surface area contributed by atoms with Crippen molar-refractivity contribution in [3.63, 3.8) is 0 Å². The third-order valence-corrected chi connectivity index (χ3v) is 4.63. The van der Waals surface area contributed by atoms with Crippen LogP contribution in [0.15, 0.2) is 66.1 Å². The highest BCUT2D eigenvalue weighted by molar-refractivity contribution is 7.98. The average molecular weight is 353 g/mol. The lowest BCUT2D eigenvalue weighted by Crippen LogP contribution is -2.13. The minimum Gasteiger partial charge on any atom is -0.322 e. The van der Waals surface area contributed by atoms with Crippen LogP contribution in [0, 0.1) is 12.7 Å². The van der Waals surface area contributed by atoms with E-state index < -0.39 is 0 Å². The Hall–Kier alpha value is -2.73. The minimum absolute atomic E-state index is 0.267. The van der Waals surface area contributed by atoms with E-state index in [0.717, 1.165) is 5.56 Å². The van der Waals surface area contributed by atoms with Crippen molar-refractivity contribution in [1.29, 1.82) is 0 Å². The van der Waals surface area contributed by atoms with Crippen LogP contribution < -0.4 is 5.32 Å². The molecule has 4 nitrogen and oxygen atoms in total. The lowest BCUT2D eigenvalue weighted by atomic mass is 10.2. The van der Waals surface area contributed by atoms with Gasteiger partial charge in [0.15, 0.2) is 0 Å². The molecule has 25 heavy (non-hydrogen) atoms. The van der Waals surface area contributed by atoms with E-state index in [1.54, 1.807) is 49.8 Å². The molecule has 0 spiro atoms. The van der Waals surface area contributed by atoms with Crippen LogP contribution in [0.4, 0.5) is 10.1 Å². The van der Waals surface area contributed by atoms with Gasteiger partial charge in [0.05, 0.1) is 5.56 Å². The number of anilines is 1. The first-order chi connectivity index (χ1) is 12.1. The lowest BCUT2D eigenvalue weighted by molar-refractivity contribution is 0.102. The maximum atomic E-state index is 13.4. The number of aromatic nitrogens is 2. The summed E-state index contributed by atoms with van der Waals surface area (Å²) in [5.41, 5.74) is 2.63. The Balaban J connectivity index is 1.75. The summed E-state index contributed by atoms with van der Waals surface area (Å²) in [6, 6.07) is 11.8. The summed E-state index contributed by atoms with van der Waals surface area (Å²) in [5.74, 6) is 0.124. The predicted molar refractivity (Wildman–Crippen MR) is 97.1 cm³/mol. The van der Waals surface area contributed by atoms with Gasteiger partial charge in [-0.3, -0.25) is 9.78 Å². The summed E-state index contributed by atoms with van der Waals surface area (Å²) in [4.78, 5) is 20.9. The maximum absolute atomic E-state index is 13.4. The van der Waals surface area contributed by atoms with Crippen LogP contribution in [0.2, 0.25) is 0 Å². The molecule has 2 heterocycles. The lowest BCUT2D eigenvalue weighted by Gasteiger charge is -2.10. The summed E-state index contributed by atoms with van der Waals surface area (Å²) in [7, 11) is 0. The van der Waals surface area contributed by atoms with Crippen LogP contribution in [0.25, 0.3) is 0 Å². The van der Waals surface area contributed by atoms with Crippen LogP contribution in [0.3, 0.4) is 0 Å². The number of halogens is 1. The Morgan fingerprint density at radius 3 is 2.72 bits per heavy atom. The van der Waals surface area contributed by atoms with Crippen molar-refractivity contribution in [2.75, 3.05) is 5.32 Å². The monoisotopic (exact) mass is 353 g/mol. The van der Waals surface area contributed by atoms with Crippen LogP contribution >= 0.6 is 11.8 Å². The molecule has 0 atom stereocenters. The number of pyridine rings is 2. The smallest absolute Gasteiger partial charge is 0.258 e. The van der Waals surface area contributed by atoms with Crippen molar-refractivity contribution >= 4 is 23.4 Å². The number of benzene rings is 1. The molecule has 0 unspecified atom stereocenters. The normalized spacial score (nSPS) is 10.5. The zero-order chi connectivity index (χ0) is 17.6. The SMILES string of the molecule is Cc1cc(NC(=O)c2cccnc2SCc2ccncc2)ccc1F. The first-order valence-corrected chi connectivity index (χ1v) is 8.66. The maximum Gasteiger partial charge on any atom is 0.258 e. The fourth-order valence-corrected chi connectivity index (χ4v) is 3.18. The fraction of sp³-hybridized carbons (Fsp3) is 0.105. The van der Waals surface area contributed by atoms with E-state index in [-0.39, 0.29) is 11.7 Å². The van der Waals surface area contributed by atoms with E-state index in [9.17, 15) is 9.18 Å². The van der Waals surface area contributed by atoms with Crippen LogP contribution in [0.5, 0.6) is 0 Å². The largest absolute Gasteiger partial charge is 0.322 e. The van der Waals surface area contributed by atoms with Gasteiger partial charge in [0.1, 0.15) is 10.8 Å². The standard InChI is InChI=1S/C19H16FN3OS/c1-13-11-15(4-5-17(13)20)23-18(24)16-3-2-8-22-19(16)25-12-14-6-9-21-10-7-14/h2-11H,12H2,1H3,(H,23,24). The zero-order valence-electron chi connectivity index (χ0n) is 13.6. The van der Waals surface area contributed by atoms with Crippen molar-refractivity contribution in [2.45, 2.75) is 17.7 Å². The topological polar surface area (TPSA) is 54.9 Å². The number of carbonyl (C=O) groups is 1. The number of hydrogen-bond acceptors (Lipinski definition) is 4. The third kappa shape index (κ3) is 4.42. The van der Waals surface area contributed by atoms with E-state index in [1.807, 2.05) is 12.1 Å². The second-order valence-electron chi connectivity index (χ2n) is 5.42. The van der Waals surface area contributed by atoms with Gasteiger partial charge in [0.2, 0.25) is 0 Å². The van der Waals surface area contributed by atoms with Gasteiger partial charge in [-0.25, -0.2) is 9.37 Å². The molecular formula is C19H16FN3OS. The van der Waals surface area contributed by atoms with Gasteiger partial charge in [-0.15, -0.1) is 11.8 Å². The van der Waals surface area contributed by atoms with Gasteiger partial charge in [-0.05, 0) is 60.5 Å². The van der Waals surface area contributed by atoms with E-state index >= 15 is 0 Å². The molecule has 0 fully saturated rings. The Kier molecular flexibility index (Phi) is 5.40. The molecule has 6 heteroatoms. The van der Waals surface area contributed by atoms with Crippen molar-refractivity contribution in [1.82, 2.24) is 9.97 Å². The summed E-state index contributed by atoms with van der Waals surface area (Å²) >= 11 is 1.48. The van der Waals surface area contributed by atoms with Crippen molar-refractivity contribution < 1.29 is 9.18 Å². The number of thioether (sulfide) groups is 1. The third-order valence-electron chi connectivity index (χ3n) is 3.56. The van der Waals surface area contributed by atoms with Gasteiger partial charge in [-0.1, -0.05) is 0 Å². The Labute approximate surface area is 149 Å². The van der Waals surface area contributed by atoms with Crippen molar-refractivity contribution in [2.24, 2.45) is 0 Å². The van der Waals surface area contributed by atoms with E-state index in [1.165, 1.54) is 17.8 Å². The number of aryl methyl sites for hydroxylation is 1. The predicted octanol–water partition coefficient (Wildman–Crippen LogP) is 4.47. The first kappa shape index (κ1) is 17.1. The number of nitrogens with zero attached hydrogens (tertiary/aromatic N) is 2. The highest BCUT2D eigenvalue weighted by atomic mass is 32.2. The highest BCUT2D eigenvalue weighted by Crippen LogP contribution is 2.25. The molecule has 0 saturated carbocycles. The minimum atomic E-state index is -0.298. The molecule has 0 saturated heterocycles. The summed E-state index contributed by atoms with van der Waals surface area (Å²) < 4.78 is 13.4. The molecule has 0 aliphatic heterocycles.